The smallest absolute Gasteiger partial charge is 0.340 e. The highest BCUT2D eigenvalue weighted by Crippen LogP contribution is 2.26. The van der Waals surface area contributed by atoms with Crippen molar-refractivity contribution in [3.05, 3.63) is 69.7 Å². The number of amides is 1. The van der Waals surface area contributed by atoms with E-state index in [1.54, 1.807) is 35.2 Å². The molecule has 0 spiro atoms. The number of hydrogen-bond acceptors (Lipinski definition) is 4. The minimum Gasteiger partial charge on any atom is -0.444 e. The summed E-state index contributed by atoms with van der Waals surface area (Å²) in [6.45, 7) is 1.84. The van der Waals surface area contributed by atoms with Crippen LogP contribution >= 0.6 is 23.2 Å². The van der Waals surface area contributed by atoms with Crippen molar-refractivity contribution in [1.82, 2.24) is 4.90 Å². The molecule has 0 bridgehead atoms. The van der Waals surface area contributed by atoms with E-state index in [0.717, 1.165) is 0 Å². The van der Waals surface area contributed by atoms with Crippen LogP contribution in [-0.4, -0.2) is 43.1 Å². The molecule has 0 unspecified atom stereocenters. The molecule has 0 aliphatic carbocycles. The van der Waals surface area contributed by atoms with Gasteiger partial charge in [-0.15, -0.1) is 0 Å². The fraction of sp³-hybridized carbons (Fsp3) is 0.263. The number of ether oxygens (including phenoxy) is 2. The van der Waals surface area contributed by atoms with Crippen molar-refractivity contribution >= 4 is 35.1 Å². The van der Waals surface area contributed by atoms with Gasteiger partial charge in [0.1, 0.15) is 0 Å². The van der Waals surface area contributed by atoms with Gasteiger partial charge in [0.2, 0.25) is 6.10 Å². The lowest BCUT2D eigenvalue weighted by molar-refractivity contribution is -0.145. The molecule has 1 fully saturated rings. The van der Waals surface area contributed by atoms with Gasteiger partial charge in [-0.1, -0.05) is 53.5 Å². The number of morpholine rings is 1. The molecule has 1 atom stereocenters. The van der Waals surface area contributed by atoms with Gasteiger partial charge < -0.3 is 14.4 Å². The van der Waals surface area contributed by atoms with E-state index in [4.69, 9.17) is 32.7 Å². The molecule has 1 aliphatic heterocycles. The van der Waals surface area contributed by atoms with Gasteiger partial charge in [-0.05, 0) is 18.2 Å². The number of hydrogen-bond donors (Lipinski definition) is 0. The van der Waals surface area contributed by atoms with Crippen LogP contribution in [0.2, 0.25) is 10.0 Å². The predicted molar refractivity (Wildman–Crippen MR) is 98.5 cm³/mol. The summed E-state index contributed by atoms with van der Waals surface area (Å²) in [7, 11) is 0. The molecular formula is C19H17Cl2NO4. The number of nitrogens with zero attached hydrogens (tertiary/aromatic N) is 1. The lowest BCUT2D eigenvalue weighted by Crippen LogP contribution is -2.44. The van der Waals surface area contributed by atoms with Crippen molar-refractivity contribution in [1.29, 1.82) is 0 Å². The number of rotatable bonds is 4. The Morgan fingerprint density at radius 2 is 1.73 bits per heavy atom. The van der Waals surface area contributed by atoms with Gasteiger partial charge in [0, 0.05) is 23.7 Å². The number of halogens is 2. The third kappa shape index (κ3) is 4.36. The molecule has 0 radical (unpaired) electrons. The topological polar surface area (TPSA) is 55.8 Å². The zero-order valence-corrected chi connectivity index (χ0v) is 15.4. The Balaban J connectivity index is 1.85. The number of carbonyl (C=O) groups excluding carboxylic acids is 2. The molecule has 26 heavy (non-hydrogen) atoms. The molecular weight excluding hydrogens is 377 g/mol. The van der Waals surface area contributed by atoms with Crippen molar-refractivity contribution in [3.63, 3.8) is 0 Å². The van der Waals surface area contributed by atoms with Crippen LogP contribution in [0, 0.1) is 0 Å². The predicted octanol–water partition coefficient (Wildman–Crippen LogP) is 3.75. The van der Waals surface area contributed by atoms with Gasteiger partial charge in [-0.3, -0.25) is 4.79 Å². The molecule has 0 saturated carbocycles. The summed E-state index contributed by atoms with van der Waals surface area (Å²) in [5.74, 6) is -0.958. The first-order valence-corrected chi connectivity index (χ1v) is 8.89. The normalized spacial score (nSPS) is 15.4. The lowest BCUT2D eigenvalue weighted by atomic mass is 10.1. The highest BCUT2D eigenvalue weighted by Gasteiger charge is 2.31. The van der Waals surface area contributed by atoms with Gasteiger partial charge in [0.25, 0.3) is 5.91 Å². The molecule has 2 aromatic rings. The monoisotopic (exact) mass is 393 g/mol. The fourth-order valence-corrected chi connectivity index (χ4v) is 3.15. The Morgan fingerprint density at radius 1 is 1.04 bits per heavy atom. The Kier molecular flexibility index (Phi) is 6.14. The number of esters is 1. The van der Waals surface area contributed by atoms with Crippen LogP contribution in [0.5, 0.6) is 0 Å². The maximum Gasteiger partial charge on any atom is 0.340 e. The SMILES string of the molecule is O=C(O[C@H](C(=O)N1CCOCC1)c1ccccc1)c1ccc(Cl)cc1Cl. The average Bonchev–Trinajstić information content (AvgIpc) is 2.67. The molecule has 0 aromatic heterocycles. The Labute approximate surface area is 161 Å². The van der Waals surface area contributed by atoms with Crippen LogP contribution in [0.3, 0.4) is 0 Å². The van der Waals surface area contributed by atoms with Gasteiger partial charge in [-0.2, -0.15) is 0 Å². The van der Waals surface area contributed by atoms with Crippen molar-refractivity contribution in [2.45, 2.75) is 6.10 Å². The second kappa shape index (κ2) is 8.54. The zero-order valence-electron chi connectivity index (χ0n) is 13.9. The van der Waals surface area contributed by atoms with E-state index < -0.39 is 12.1 Å². The van der Waals surface area contributed by atoms with Crippen LogP contribution in [0.1, 0.15) is 22.0 Å². The maximum absolute atomic E-state index is 12.9. The third-order valence-corrected chi connectivity index (χ3v) is 4.57. The Hall–Kier alpha value is -2.08. The maximum atomic E-state index is 12.9. The average molecular weight is 394 g/mol. The molecule has 1 amide bonds. The minimum absolute atomic E-state index is 0.159. The molecule has 1 aliphatic rings. The molecule has 1 saturated heterocycles. The van der Waals surface area contributed by atoms with Crippen LogP contribution in [-0.2, 0) is 14.3 Å². The molecule has 3 rings (SSSR count). The summed E-state index contributed by atoms with van der Waals surface area (Å²) >= 11 is 12.0. The largest absolute Gasteiger partial charge is 0.444 e. The third-order valence-electron chi connectivity index (χ3n) is 4.03. The highest BCUT2D eigenvalue weighted by molar-refractivity contribution is 6.36. The standard InChI is InChI=1S/C19H17Cl2NO4/c20-14-6-7-15(16(21)12-14)19(24)26-17(13-4-2-1-3-5-13)18(23)22-8-10-25-11-9-22/h1-7,12,17H,8-11H2/t17-/m0/s1. The van der Waals surface area contributed by atoms with Crippen LogP contribution in [0.4, 0.5) is 0 Å². The first kappa shape index (κ1) is 18.7. The summed E-state index contributed by atoms with van der Waals surface area (Å²) < 4.78 is 10.8. The van der Waals surface area contributed by atoms with Crippen molar-refractivity contribution in [3.8, 4) is 0 Å². The first-order valence-electron chi connectivity index (χ1n) is 8.14. The molecule has 7 heteroatoms. The molecule has 136 valence electrons. The van der Waals surface area contributed by atoms with Crippen molar-refractivity contribution < 1.29 is 19.1 Å². The number of carbonyl (C=O) groups is 2. The van der Waals surface area contributed by atoms with E-state index in [0.29, 0.717) is 36.9 Å². The molecule has 1 heterocycles. The summed E-state index contributed by atoms with van der Waals surface area (Å²) in [6.07, 6.45) is -1.05. The van der Waals surface area contributed by atoms with Crippen molar-refractivity contribution in [2.24, 2.45) is 0 Å². The van der Waals surface area contributed by atoms with E-state index in [1.807, 2.05) is 6.07 Å². The van der Waals surface area contributed by atoms with E-state index in [-0.39, 0.29) is 16.5 Å². The summed E-state index contributed by atoms with van der Waals surface area (Å²) in [5, 5.41) is 0.587. The minimum atomic E-state index is -1.05. The number of benzene rings is 2. The van der Waals surface area contributed by atoms with Crippen LogP contribution < -0.4 is 0 Å². The Bertz CT molecular complexity index is 791. The summed E-state index contributed by atoms with van der Waals surface area (Å²) in [4.78, 5) is 27.2. The van der Waals surface area contributed by atoms with E-state index in [1.165, 1.54) is 12.1 Å². The molecule has 0 N–H and O–H groups in total. The van der Waals surface area contributed by atoms with E-state index in [9.17, 15) is 9.59 Å². The zero-order chi connectivity index (χ0) is 18.5. The summed E-state index contributed by atoms with van der Waals surface area (Å²) in [6, 6.07) is 13.4. The van der Waals surface area contributed by atoms with Crippen LogP contribution in [0.15, 0.2) is 48.5 Å². The van der Waals surface area contributed by atoms with Gasteiger partial charge in [0.05, 0.1) is 23.8 Å². The van der Waals surface area contributed by atoms with E-state index in [2.05, 4.69) is 0 Å². The Morgan fingerprint density at radius 3 is 2.38 bits per heavy atom. The lowest BCUT2D eigenvalue weighted by Gasteiger charge is -2.30. The molecule has 5 nitrogen and oxygen atoms in total. The van der Waals surface area contributed by atoms with Crippen molar-refractivity contribution in [2.75, 3.05) is 26.3 Å². The highest BCUT2D eigenvalue weighted by atomic mass is 35.5. The first-order chi connectivity index (χ1) is 12.6. The van der Waals surface area contributed by atoms with Gasteiger partial charge >= 0.3 is 5.97 Å². The fourth-order valence-electron chi connectivity index (χ4n) is 2.66. The second-order valence-corrected chi connectivity index (χ2v) is 6.60. The quantitative estimate of drug-likeness (QED) is 0.742. The second-order valence-electron chi connectivity index (χ2n) is 5.76. The van der Waals surface area contributed by atoms with Gasteiger partial charge in [0.15, 0.2) is 0 Å². The van der Waals surface area contributed by atoms with E-state index >= 15 is 0 Å². The van der Waals surface area contributed by atoms with Gasteiger partial charge in [-0.25, -0.2) is 4.79 Å². The van der Waals surface area contributed by atoms with Crippen LogP contribution in [0.25, 0.3) is 0 Å². The molecule has 2 aromatic carbocycles. The summed E-state index contributed by atoms with van der Waals surface area (Å²) in [5.41, 5.74) is 0.759.